The van der Waals surface area contributed by atoms with E-state index in [0.717, 1.165) is 30.3 Å². The second-order valence-corrected chi connectivity index (χ2v) is 4.23. The van der Waals surface area contributed by atoms with Crippen LogP contribution >= 0.6 is 0 Å². The van der Waals surface area contributed by atoms with Crippen molar-refractivity contribution in [3.05, 3.63) is 70.8 Å². The molecule has 0 aromatic heterocycles. The summed E-state index contributed by atoms with van der Waals surface area (Å²) in [6.45, 7) is 0. The summed E-state index contributed by atoms with van der Waals surface area (Å²) in [6, 6.07) is 5.69. The lowest BCUT2D eigenvalue weighted by atomic mass is 9.94. The summed E-state index contributed by atoms with van der Waals surface area (Å²) in [5, 5.41) is 0. The summed E-state index contributed by atoms with van der Waals surface area (Å²) in [7, 11) is 0. The van der Waals surface area contributed by atoms with E-state index in [1.807, 2.05) is 0 Å². The molecule has 0 aliphatic carbocycles. The molecule has 0 bridgehead atoms. The van der Waals surface area contributed by atoms with Gasteiger partial charge in [0.25, 0.3) is 0 Å². The smallest absolute Gasteiger partial charge is 0.320 e. The minimum absolute atomic E-state index is 0.301. The summed E-state index contributed by atoms with van der Waals surface area (Å²) in [5.41, 5.74) is 4.10. The molecule has 0 saturated heterocycles. The van der Waals surface area contributed by atoms with Gasteiger partial charge in [0.1, 0.15) is 11.6 Å². The van der Waals surface area contributed by atoms with Crippen LogP contribution in [0.15, 0.2) is 42.5 Å². The lowest BCUT2D eigenvalue weighted by molar-refractivity contribution is -0.138. The predicted octanol–water partition coefficient (Wildman–Crippen LogP) is 4.03. The van der Waals surface area contributed by atoms with Gasteiger partial charge in [-0.1, -0.05) is 18.2 Å². The fourth-order valence-corrected chi connectivity index (χ4v) is 1.95. The summed E-state index contributed by atoms with van der Waals surface area (Å²) in [5.74, 6) is -1.61. The number of alkyl halides is 3. The van der Waals surface area contributed by atoms with E-state index < -0.39 is 29.4 Å². The maximum Gasteiger partial charge on any atom is 0.416 e. The van der Waals surface area contributed by atoms with Crippen LogP contribution in [0.25, 0.3) is 0 Å². The van der Waals surface area contributed by atoms with E-state index in [2.05, 4.69) is 0 Å². The second kappa shape index (κ2) is 5.20. The molecule has 0 heterocycles. The van der Waals surface area contributed by atoms with Crippen molar-refractivity contribution >= 4 is 0 Å². The van der Waals surface area contributed by atoms with Crippen LogP contribution in [0.3, 0.4) is 0 Å². The summed E-state index contributed by atoms with van der Waals surface area (Å²) in [4.78, 5) is 0. The molecule has 6 heteroatoms. The Labute approximate surface area is 111 Å². The molecular weight excluding hydrogens is 277 g/mol. The highest BCUT2D eigenvalue weighted by atomic mass is 19.4. The lowest BCUT2D eigenvalue weighted by Crippen LogP contribution is -2.19. The molecule has 1 nitrogen and oxygen atoms in total. The van der Waals surface area contributed by atoms with Crippen molar-refractivity contribution in [1.29, 1.82) is 0 Å². The van der Waals surface area contributed by atoms with Crippen LogP contribution in [0, 0.1) is 11.6 Å². The molecule has 1 atom stereocenters. The Hall–Kier alpha value is -1.95. The van der Waals surface area contributed by atoms with Crippen molar-refractivity contribution in [1.82, 2.24) is 0 Å². The highest BCUT2D eigenvalue weighted by Crippen LogP contribution is 2.36. The van der Waals surface area contributed by atoms with Crippen LogP contribution in [0.1, 0.15) is 22.7 Å². The van der Waals surface area contributed by atoms with Crippen LogP contribution in [0.2, 0.25) is 0 Å². The van der Waals surface area contributed by atoms with Crippen LogP contribution < -0.4 is 5.73 Å². The molecule has 0 saturated carbocycles. The van der Waals surface area contributed by atoms with Gasteiger partial charge in [0.15, 0.2) is 0 Å². The first kappa shape index (κ1) is 14.5. The van der Waals surface area contributed by atoms with Gasteiger partial charge < -0.3 is 5.73 Å². The van der Waals surface area contributed by atoms with Gasteiger partial charge in [-0.15, -0.1) is 0 Å². The third-order valence-electron chi connectivity index (χ3n) is 2.89. The molecule has 0 fully saturated rings. The molecule has 106 valence electrons. The Kier molecular flexibility index (Phi) is 3.76. The largest absolute Gasteiger partial charge is 0.416 e. The summed E-state index contributed by atoms with van der Waals surface area (Å²) < 4.78 is 65.4. The zero-order valence-electron chi connectivity index (χ0n) is 10.1. The highest BCUT2D eigenvalue weighted by molar-refractivity contribution is 5.39. The van der Waals surface area contributed by atoms with Crippen LogP contribution in [0.4, 0.5) is 22.0 Å². The van der Waals surface area contributed by atoms with Gasteiger partial charge in [-0.2, -0.15) is 13.2 Å². The van der Waals surface area contributed by atoms with Gasteiger partial charge in [0.2, 0.25) is 0 Å². The maximum absolute atomic E-state index is 13.6. The number of halogens is 5. The van der Waals surface area contributed by atoms with Crippen molar-refractivity contribution in [3.63, 3.8) is 0 Å². The number of hydrogen-bond acceptors (Lipinski definition) is 1. The van der Waals surface area contributed by atoms with E-state index in [1.54, 1.807) is 0 Å². The first-order chi connectivity index (χ1) is 9.30. The van der Waals surface area contributed by atoms with Crippen molar-refractivity contribution in [2.45, 2.75) is 12.2 Å². The number of benzene rings is 2. The van der Waals surface area contributed by atoms with Crippen molar-refractivity contribution in [2.75, 3.05) is 0 Å². The highest BCUT2D eigenvalue weighted by Gasteiger charge is 2.35. The first-order valence-electron chi connectivity index (χ1n) is 5.67. The van der Waals surface area contributed by atoms with Gasteiger partial charge in [-0.05, 0) is 29.8 Å². The quantitative estimate of drug-likeness (QED) is 0.829. The Morgan fingerprint density at radius 1 is 0.900 bits per heavy atom. The molecule has 0 aliphatic rings. The average molecular weight is 287 g/mol. The Balaban J connectivity index is 2.54. The van der Waals surface area contributed by atoms with Crippen molar-refractivity contribution in [3.8, 4) is 0 Å². The zero-order valence-corrected chi connectivity index (χ0v) is 10.1. The van der Waals surface area contributed by atoms with Gasteiger partial charge in [-0.3, -0.25) is 0 Å². The minimum Gasteiger partial charge on any atom is -0.320 e. The molecule has 2 aromatic carbocycles. The Morgan fingerprint density at radius 3 is 2.20 bits per heavy atom. The van der Waals surface area contributed by atoms with Crippen molar-refractivity contribution < 1.29 is 22.0 Å². The van der Waals surface area contributed by atoms with Gasteiger partial charge in [0, 0.05) is 5.56 Å². The molecule has 2 rings (SSSR count). The van der Waals surface area contributed by atoms with E-state index >= 15 is 0 Å². The molecule has 2 N–H and O–H groups in total. The van der Waals surface area contributed by atoms with Gasteiger partial charge in [0.05, 0.1) is 11.6 Å². The minimum atomic E-state index is -4.61. The zero-order chi connectivity index (χ0) is 14.9. The molecule has 0 radical (unpaired) electrons. The number of hydrogen-bond donors (Lipinski definition) is 1. The van der Waals surface area contributed by atoms with E-state index in [-0.39, 0.29) is 11.1 Å². The van der Waals surface area contributed by atoms with Crippen LogP contribution in [0.5, 0.6) is 0 Å². The third kappa shape index (κ3) is 2.80. The number of nitrogens with two attached hydrogens (primary N) is 1. The molecule has 0 aliphatic heterocycles. The average Bonchev–Trinajstić information content (AvgIpc) is 2.40. The van der Waals surface area contributed by atoms with Gasteiger partial charge >= 0.3 is 6.18 Å². The van der Waals surface area contributed by atoms with Crippen LogP contribution in [-0.4, -0.2) is 0 Å². The van der Waals surface area contributed by atoms with Crippen LogP contribution in [-0.2, 0) is 6.18 Å². The Morgan fingerprint density at radius 2 is 1.55 bits per heavy atom. The summed E-state index contributed by atoms with van der Waals surface area (Å²) >= 11 is 0. The molecular formula is C14H10F5N. The van der Waals surface area contributed by atoms with E-state index in [4.69, 9.17) is 5.73 Å². The monoisotopic (exact) mass is 287 g/mol. The van der Waals surface area contributed by atoms with Gasteiger partial charge in [-0.25, -0.2) is 8.78 Å². The van der Waals surface area contributed by atoms with E-state index in [1.165, 1.54) is 12.1 Å². The second-order valence-electron chi connectivity index (χ2n) is 4.23. The summed E-state index contributed by atoms with van der Waals surface area (Å²) in [6.07, 6.45) is -4.61. The standard InChI is InChI=1S/C14H10F5N/c15-8-5-6-12(16)10(7-8)13(20)9-3-1-2-4-11(9)14(17,18)19/h1-7,13H,20H2. The normalized spacial score (nSPS) is 13.3. The first-order valence-corrected chi connectivity index (χ1v) is 5.67. The fraction of sp³-hybridized carbons (Fsp3) is 0.143. The molecule has 0 amide bonds. The molecule has 0 spiro atoms. The maximum atomic E-state index is 13.6. The van der Waals surface area contributed by atoms with Crippen molar-refractivity contribution in [2.24, 2.45) is 5.73 Å². The Bertz CT molecular complexity index is 621. The lowest BCUT2D eigenvalue weighted by Gasteiger charge is -2.19. The van der Waals surface area contributed by atoms with E-state index in [0.29, 0.717) is 0 Å². The van der Waals surface area contributed by atoms with E-state index in [9.17, 15) is 22.0 Å². The predicted molar refractivity (Wildman–Crippen MR) is 63.8 cm³/mol. The number of rotatable bonds is 2. The topological polar surface area (TPSA) is 26.0 Å². The molecule has 1 unspecified atom stereocenters. The molecule has 2 aromatic rings. The third-order valence-corrected chi connectivity index (χ3v) is 2.89. The SMILES string of the molecule is NC(c1cc(F)ccc1F)c1ccccc1C(F)(F)F. The molecule has 20 heavy (non-hydrogen) atoms. The fourth-order valence-electron chi connectivity index (χ4n) is 1.95.